The van der Waals surface area contributed by atoms with Crippen molar-refractivity contribution < 1.29 is 33.5 Å². The average Bonchev–Trinajstić information content (AvgIpc) is 3.51. The van der Waals surface area contributed by atoms with Crippen LogP contribution in [-0.4, -0.2) is 46.0 Å². The summed E-state index contributed by atoms with van der Waals surface area (Å²) in [5.74, 6) is 3.71. The van der Waals surface area contributed by atoms with E-state index in [-0.39, 0.29) is 23.2 Å². The standard InChI is InChI=1S/C19H20F2N2O5.C2H4/c1-10(24)14-9-13(14)8-5-11-3-6-12(7-4-11)16(25)22-15(17(26)23-28)19(2,27)18(20)21;1-2/h3-4,6-7,13-15,18,27-28H,9H2,1-2H3,(H,22,25)(H,23,26);1-2H2. The first kappa shape index (κ1) is 24.9. The summed E-state index contributed by atoms with van der Waals surface area (Å²) >= 11 is 0. The van der Waals surface area contributed by atoms with E-state index >= 15 is 0 Å². The number of rotatable bonds is 6. The van der Waals surface area contributed by atoms with Gasteiger partial charge >= 0.3 is 0 Å². The molecule has 4 N–H and O–H groups in total. The monoisotopic (exact) mass is 422 g/mol. The second-order valence-electron chi connectivity index (χ2n) is 6.82. The Kier molecular flexibility index (Phi) is 8.83. The third-order valence-corrected chi connectivity index (χ3v) is 4.54. The molecule has 162 valence electrons. The van der Waals surface area contributed by atoms with Gasteiger partial charge in [0.25, 0.3) is 18.2 Å². The Morgan fingerprint density at radius 3 is 2.23 bits per heavy atom. The molecule has 0 aliphatic heterocycles. The summed E-state index contributed by atoms with van der Waals surface area (Å²) < 4.78 is 26.0. The van der Waals surface area contributed by atoms with Crippen molar-refractivity contribution in [2.45, 2.75) is 38.3 Å². The summed E-state index contributed by atoms with van der Waals surface area (Å²) in [6, 6.07) is 3.72. The van der Waals surface area contributed by atoms with Gasteiger partial charge < -0.3 is 10.4 Å². The zero-order chi connectivity index (χ0) is 23.1. The van der Waals surface area contributed by atoms with E-state index < -0.39 is 29.9 Å². The van der Waals surface area contributed by atoms with Crippen LogP contribution in [0.1, 0.15) is 36.2 Å². The van der Waals surface area contributed by atoms with Crippen LogP contribution >= 0.6 is 0 Å². The van der Waals surface area contributed by atoms with Gasteiger partial charge in [-0.1, -0.05) is 11.8 Å². The number of carbonyl (C=O) groups excluding carboxylic acids is 3. The van der Waals surface area contributed by atoms with Gasteiger partial charge in [0, 0.05) is 23.0 Å². The quantitative estimate of drug-likeness (QED) is 0.241. The first-order chi connectivity index (χ1) is 14.1. The molecule has 1 aliphatic carbocycles. The number of Topliss-reactive ketones (excluding diaryl/α,β-unsaturated/α-hetero) is 1. The molecule has 1 saturated carbocycles. The van der Waals surface area contributed by atoms with Gasteiger partial charge in [-0.25, -0.2) is 14.3 Å². The van der Waals surface area contributed by atoms with Crippen LogP contribution in [0, 0.1) is 23.7 Å². The van der Waals surface area contributed by atoms with Gasteiger partial charge in [-0.2, -0.15) is 0 Å². The normalized spacial score (nSPS) is 19.7. The molecule has 1 aromatic carbocycles. The van der Waals surface area contributed by atoms with Gasteiger partial charge in [0.05, 0.1) is 0 Å². The Balaban J connectivity index is 0.00000218. The van der Waals surface area contributed by atoms with E-state index in [0.717, 1.165) is 11.9 Å². The van der Waals surface area contributed by atoms with Gasteiger partial charge in [-0.05, 0) is 44.5 Å². The predicted molar refractivity (Wildman–Crippen MR) is 105 cm³/mol. The number of halogens is 2. The Morgan fingerprint density at radius 2 is 1.80 bits per heavy atom. The summed E-state index contributed by atoms with van der Waals surface area (Å²) in [7, 11) is 0. The third-order valence-electron chi connectivity index (χ3n) is 4.54. The number of ketones is 1. The van der Waals surface area contributed by atoms with Crippen LogP contribution in [0.25, 0.3) is 0 Å². The second kappa shape index (κ2) is 10.6. The average molecular weight is 422 g/mol. The van der Waals surface area contributed by atoms with E-state index in [1.165, 1.54) is 31.2 Å². The lowest BCUT2D eigenvalue weighted by molar-refractivity contribution is -0.149. The molecule has 0 radical (unpaired) electrons. The van der Waals surface area contributed by atoms with E-state index in [2.05, 4.69) is 25.0 Å². The maximum Gasteiger partial charge on any atom is 0.269 e. The van der Waals surface area contributed by atoms with E-state index in [0.29, 0.717) is 12.5 Å². The zero-order valence-electron chi connectivity index (χ0n) is 16.6. The predicted octanol–water partition coefficient (Wildman–Crippen LogP) is 1.69. The van der Waals surface area contributed by atoms with Crippen molar-refractivity contribution in [1.29, 1.82) is 0 Å². The summed E-state index contributed by atoms with van der Waals surface area (Å²) in [5, 5.41) is 20.5. The lowest BCUT2D eigenvalue weighted by atomic mass is 9.95. The molecule has 9 heteroatoms. The number of hydrogen-bond donors (Lipinski definition) is 4. The molecule has 30 heavy (non-hydrogen) atoms. The highest BCUT2D eigenvalue weighted by molar-refractivity contribution is 5.97. The number of carbonyl (C=O) groups is 3. The molecule has 1 aliphatic rings. The highest BCUT2D eigenvalue weighted by Gasteiger charge is 2.46. The molecule has 1 fully saturated rings. The summed E-state index contributed by atoms with van der Waals surface area (Å²) in [6.45, 7) is 8.19. The number of benzene rings is 1. The minimum atomic E-state index is -3.35. The van der Waals surface area contributed by atoms with Crippen LogP contribution in [0.5, 0.6) is 0 Å². The molecule has 1 aromatic rings. The summed E-state index contributed by atoms with van der Waals surface area (Å²) in [5.41, 5.74) is -1.12. The van der Waals surface area contributed by atoms with Crippen LogP contribution < -0.4 is 10.8 Å². The van der Waals surface area contributed by atoms with E-state index in [1.54, 1.807) is 0 Å². The second-order valence-corrected chi connectivity index (χ2v) is 6.82. The summed E-state index contributed by atoms with van der Waals surface area (Å²) in [6.07, 6.45) is -2.62. The molecule has 0 bridgehead atoms. The maximum atomic E-state index is 13.0. The largest absolute Gasteiger partial charge is 0.381 e. The SMILES string of the molecule is C=C.CC(=O)C1CC1C#Cc1ccc(C(=O)NC(C(=O)NO)C(C)(O)C(F)F)cc1. The maximum absolute atomic E-state index is 13.0. The van der Waals surface area contributed by atoms with Crippen LogP contribution in [0.15, 0.2) is 37.4 Å². The van der Waals surface area contributed by atoms with Gasteiger partial charge in [0.2, 0.25) is 0 Å². The highest BCUT2D eigenvalue weighted by atomic mass is 19.3. The Labute approximate surface area is 173 Å². The smallest absolute Gasteiger partial charge is 0.269 e. The Hall–Kier alpha value is -3.09. The Morgan fingerprint density at radius 1 is 1.23 bits per heavy atom. The number of amides is 2. The molecular weight excluding hydrogens is 398 g/mol. The van der Waals surface area contributed by atoms with Crippen LogP contribution in [0.3, 0.4) is 0 Å². The molecule has 4 atom stereocenters. The van der Waals surface area contributed by atoms with Crippen LogP contribution in [0.4, 0.5) is 8.78 Å². The fourth-order valence-corrected chi connectivity index (χ4v) is 2.57. The molecule has 4 unspecified atom stereocenters. The van der Waals surface area contributed by atoms with Gasteiger partial charge in [-0.15, -0.1) is 13.2 Å². The number of hydroxylamine groups is 1. The van der Waals surface area contributed by atoms with E-state index in [9.17, 15) is 28.3 Å². The molecular formula is C21H24F2N2O5. The first-order valence-electron chi connectivity index (χ1n) is 8.95. The van der Waals surface area contributed by atoms with Gasteiger partial charge in [0.1, 0.15) is 11.8 Å². The number of nitrogens with one attached hydrogen (secondary N) is 2. The highest BCUT2D eigenvalue weighted by Crippen LogP contribution is 2.38. The summed E-state index contributed by atoms with van der Waals surface area (Å²) in [4.78, 5) is 35.0. The van der Waals surface area contributed by atoms with Crippen molar-refractivity contribution in [3.63, 3.8) is 0 Å². The fraction of sp³-hybridized carbons (Fsp3) is 0.381. The molecule has 7 nitrogen and oxygen atoms in total. The third kappa shape index (κ3) is 6.20. The van der Waals surface area contributed by atoms with Crippen molar-refractivity contribution in [3.05, 3.63) is 48.6 Å². The van der Waals surface area contributed by atoms with Crippen molar-refractivity contribution in [2.24, 2.45) is 11.8 Å². The number of hydrogen-bond acceptors (Lipinski definition) is 5. The molecule has 0 heterocycles. The van der Waals surface area contributed by atoms with Crippen molar-refractivity contribution in [2.75, 3.05) is 0 Å². The van der Waals surface area contributed by atoms with Crippen molar-refractivity contribution >= 4 is 17.6 Å². The van der Waals surface area contributed by atoms with Crippen molar-refractivity contribution in [1.82, 2.24) is 10.8 Å². The van der Waals surface area contributed by atoms with Crippen molar-refractivity contribution in [3.8, 4) is 11.8 Å². The minimum Gasteiger partial charge on any atom is -0.381 e. The fourth-order valence-electron chi connectivity index (χ4n) is 2.57. The van der Waals surface area contributed by atoms with E-state index in [4.69, 9.17) is 5.21 Å². The van der Waals surface area contributed by atoms with Crippen LogP contribution in [0.2, 0.25) is 0 Å². The topological polar surface area (TPSA) is 116 Å². The lowest BCUT2D eigenvalue weighted by Gasteiger charge is -2.30. The molecule has 0 saturated heterocycles. The molecule has 0 spiro atoms. The van der Waals surface area contributed by atoms with Gasteiger partial charge in [0.15, 0.2) is 5.60 Å². The molecule has 2 amide bonds. The van der Waals surface area contributed by atoms with E-state index in [1.807, 2.05) is 5.32 Å². The van der Waals surface area contributed by atoms with Crippen LogP contribution in [-0.2, 0) is 9.59 Å². The minimum absolute atomic E-state index is 0.0187. The number of aliphatic hydroxyl groups is 1. The lowest BCUT2D eigenvalue weighted by Crippen LogP contribution is -2.61. The Bertz CT molecular complexity index is 843. The number of alkyl halides is 2. The zero-order valence-corrected chi connectivity index (χ0v) is 16.6. The molecule has 0 aromatic heterocycles. The van der Waals surface area contributed by atoms with Gasteiger partial charge in [-0.3, -0.25) is 19.6 Å². The molecule has 2 rings (SSSR count). The first-order valence-corrected chi connectivity index (χ1v) is 8.95.